The van der Waals surface area contributed by atoms with E-state index in [4.69, 9.17) is 4.99 Å². The predicted molar refractivity (Wildman–Crippen MR) is 83.9 cm³/mol. The first kappa shape index (κ1) is 13.7. The SMILES string of the molecule is CC(C)(C)C1CCSC(NC2CCN3CCCC23)=N1. The van der Waals surface area contributed by atoms with Gasteiger partial charge in [0.15, 0.2) is 5.17 Å². The molecule has 19 heavy (non-hydrogen) atoms. The Balaban J connectivity index is 1.64. The van der Waals surface area contributed by atoms with Gasteiger partial charge in [-0.2, -0.15) is 0 Å². The zero-order chi connectivity index (χ0) is 13.5. The second kappa shape index (κ2) is 5.28. The van der Waals surface area contributed by atoms with Crippen LogP contribution in [0.1, 0.15) is 46.5 Å². The van der Waals surface area contributed by atoms with Crippen LogP contribution in [0.15, 0.2) is 4.99 Å². The molecule has 0 spiro atoms. The molecule has 3 aliphatic heterocycles. The Kier molecular flexibility index (Phi) is 3.82. The number of hydrogen-bond donors (Lipinski definition) is 1. The highest BCUT2D eigenvalue weighted by molar-refractivity contribution is 8.13. The van der Waals surface area contributed by atoms with Gasteiger partial charge in [0.25, 0.3) is 0 Å². The lowest BCUT2D eigenvalue weighted by atomic mass is 9.85. The van der Waals surface area contributed by atoms with Crippen molar-refractivity contribution >= 4 is 16.9 Å². The molecule has 0 aromatic carbocycles. The fraction of sp³-hybridized carbons (Fsp3) is 0.933. The summed E-state index contributed by atoms with van der Waals surface area (Å²) < 4.78 is 0. The van der Waals surface area contributed by atoms with Gasteiger partial charge in [-0.25, -0.2) is 0 Å². The molecule has 3 heterocycles. The summed E-state index contributed by atoms with van der Waals surface area (Å²) in [6.07, 6.45) is 5.27. The highest BCUT2D eigenvalue weighted by Crippen LogP contribution is 2.32. The van der Waals surface area contributed by atoms with Crippen molar-refractivity contribution in [2.75, 3.05) is 18.8 Å². The fourth-order valence-electron chi connectivity index (χ4n) is 3.63. The minimum Gasteiger partial charge on any atom is -0.361 e. The van der Waals surface area contributed by atoms with Crippen molar-refractivity contribution in [1.82, 2.24) is 10.2 Å². The zero-order valence-corrected chi connectivity index (χ0v) is 13.3. The third-order valence-electron chi connectivity index (χ3n) is 4.82. The number of thioether (sulfide) groups is 1. The average Bonchev–Trinajstić information content (AvgIpc) is 2.93. The first-order valence-corrected chi connectivity index (χ1v) is 8.74. The van der Waals surface area contributed by atoms with E-state index in [0.29, 0.717) is 17.5 Å². The van der Waals surface area contributed by atoms with E-state index in [1.807, 2.05) is 11.8 Å². The van der Waals surface area contributed by atoms with Crippen LogP contribution in [0.3, 0.4) is 0 Å². The van der Waals surface area contributed by atoms with Crippen molar-refractivity contribution in [2.24, 2.45) is 10.4 Å². The van der Waals surface area contributed by atoms with Crippen molar-refractivity contribution < 1.29 is 0 Å². The Morgan fingerprint density at radius 3 is 2.84 bits per heavy atom. The summed E-state index contributed by atoms with van der Waals surface area (Å²) >= 11 is 1.92. The molecule has 0 amide bonds. The van der Waals surface area contributed by atoms with Gasteiger partial charge in [0.1, 0.15) is 0 Å². The lowest BCUT2D eigenvalue weighted by Crippen LogP contribution is -2.43. The molecule has 1 N–H and O–H groups in total. The van der Waals surface area contributed by atoms with Gasteiger partial charge < -0.3 is 5.32 Å². The van der Waals surface area contributed by atoms with Gasteiger partial charge in [-0.15, -0.1) is 0 Å². The summed E-state index contributed by atoms with van der Waals surface area (Å²) in [6.45, 7) is 9.52. The number of aliphatic imine (C=N–C) groups is 1. The molecular formula is C15H27N3S. The van der Waals surface area contributed by atoms with Gasteiger partial charge in [-0.1, -0.05) is 32.5 Å². The van der Waals surface area contributed by atoms with Crippen LogP contribution in [0.5, 0.6) is 0 Å². The number of amidine groups is 1. The minimum absolute atomic E-state index is 0.295. The third kappa shape index (κ3) is 2.94. The number of nitrogens with one attached hydrogen (secondary N) is 1. The molecule has 4 heteroatoms. The van der Waals surface area contributed by atoms with E-state index in [1.165, 1.54) is 49.7 Å². The molecule has 3 unspecified atom stereocenters. The van der Waals surface area contributed by atoms with Crippen LogP contribution in [0.2, 0.25) is 0 Å². The zero-order valence-electron chi connectivity index (χ0n) is 12.5. The molecule has 2 fully saturated rings. The van der Waals surface area contributed by atoms with Crippen molar-refractivity contribution in [2.45, 2.75) is 64.6 Å². The van der Waals surface area contributed by atoms with Gasteiger partial charge in [-0.05, 0) is 37.6 Å². The summed E-state index contributed by atoms with van der Waals surface area (Å²) in [6, 6.07) is 1.91. The highest BCUT2D eigenvalue weighted by atomic mass is 32.2. The first-order chi connectivity index (χ1) is 9.04. The van der Waals surface area contributed by atoms with E-state index < -0.39 is 0 Å². The normalized spacial score (nSPS) is 36.2. The van der Waals surface area contributed by atoms with Crippen LogP contribution in [0, 0.1) is 5.41 Å². The second-order valence-electron chi connectivity index (χ2n) is 7.24. The van der Waals surface area contributed by atoms with Crippen molar-refractivity contribution in [3.63, 3.8) is 0 Å². The number of nitrogens with zero attached hydrogens (tertiary/aromatic N) is 2. The van der Waals surface area contributed by atoms with E-state index in [0.717, 1.165) is 6.04 Å². The maximum Gasteiger partial charge on any atom is 0.157 e. The molecule has 0 radical (unpaired) electrons. The Hall–Kier alpha value is -0.220. The Morgan fingerprint density at radius 2 is 2.05 bits per heavy atom. The Labute approximate surface area is 121 Å². The van der Waals surface area contributed by atoms with Crippen molar-refractivity contribution in [3.8, 4) is 0 Å². The lowest BCUT2D eigenvalue weighted by molar-refractivity contribution is 0.305. The van der Waals surface area contributed by atoms with Gasteiger partial charge in [0, 0.05) is 24.4 Å². The summed E-state index contributed by atoms with van der Waals surface area (Å²) in [5.74, 6) is 1.22. The average molecular weight is 281 g/mol. The van der Waals surface area contributed by atoms with Crippen LogP contribution in [-0.4, -0.2) is 47.0 Å². The number of fused-ring (bicyclic) bond motifs is 1. The van der Waals surface area contributed by atoms with Crippen LogP contribution in [0.25, 0.3) is 0 Å². The topological polar surface area (TPSA) is 27.6 Å². The molecule has 0 bridgehead atoms. The first-order valence-electron chi connectivity index (χ1n) is 7.75. The third-order valence-corrected chi connectivity index (χ3v) is 5.75. The molecule has 3 aliphatic rings. The maximum absolute atomic E-state index is 4.98. The summed E-state index contributed by atoms with van der Waals surface area (Å²) in [5.41, 5.74) is 0.295. The van der Waals surface area contributed by atoms with E-state index in [1.54, 1.807) is 0 Å². The highest BCUT2D eigenvalue weighted by Gasteiger charge is 2.38. The molecule has 0 saturated carbocycles. The Morgan fingerprint density at radius 1 is 1.21 bits per heavy atom. The fourth-order valence-corrected chi connectivity index (χ4v) is 4.60. The molecule has 3 atom stereocenters. The smallest absolute Gasteiger partial charge is 0.157 e. The van der Waals surface area contributed by atoms with Crippen LogP contribution < -0.4 is 5.32 Å². The molecule has 0 aromatic heterocycles. The second-order valence-corrected chi connectivity index (χ2v) is 8.32. The predicted octanol–water partition coefficient (Wildman–Crippen LogP) is 2.72. The molecule has 108 valence electrons. The Bertz CT molecular complexity index is 361. The van der Waals surface area contributed by atoms with Crippen LogP contribution in [-0.2, 0) is 0 Å². The summed E-state index contributed by atoms with van der Waals surface area (Å²) in [4.78, 5) is 7.64. The van der Waals surface area contributed by atoms with Gasteiger partial charge >= 0.3 is 0 Å². The van der Waals surface area contributed by atoms with Crippen LogP contribution in [0.4, 0.5) is 0 Å². The molecule has 3 rings (SSSR count). The van der Waals surface area contributed by atoms with Crippen molar-refractivity contribution in [1.29, 1.82) is 0 Å². The summed E-state index contributed by atoms with van der Waals surface area (Å²) in [5, 5.41) is 4.98. The van der Waals surface area contributed by atoms with E-state index in [9.17, 15) is 0 Å². The van der Waals surface area contributed by atoms with Gasteiger partial charge in [-0.3, -0.25) is 9.89 Å². The summed E-state index contributed by atoms with van der Waals surface area (Å²) in [7, 11) is 0. The van der Waals surface area contributed by atoms with E-state index in [-0.39, 0.29) is 0 Å². The standard InChI is InChI=1S/C15H27N3S/c1-15(2,3)13-7-10-19-14(17-13)16-11-6-9-18-8-4-5-12(11)18/h11-13H,4-10H2,1-3H3,(H,16,17). The molecule has 0 aliphatic carbocycles. The largest absolute Gasteiger partial charge is 0.361 e. The molecule has 0 aromatic rings. The maximum atomic E-state index is 4.98. The molecule has 2 saturated heterocycles. The van der Waals surface area contributed by atoms with Gasteiger partial charge in [0.2, 0.25) is 0 Å². The van der Waals surface area contributed by atoms with Gasteiger partial charge in [0.05, 0.1) is 6.04 Å². The van der Waals surface area contributed by atoms with E-state index >= 15 is 0 Å². The van der Waals surface area contributed by atoms with Crippen LogP contribution >= 0.6 is 11.8 Å². The monoisotopic (exact) mass is 281 g/mol. The molecule has 3 nitrogen and oxygen atoms in total. The van der Waals surface area contributed by atoms with Crippen molar-refractivity contribution in [3.05, 3.63) is 0 Å². The minimum atomic E-state index is 0.295. The number of rotatable bonds is 1. The number of hydrogen-bond acceptors (Lipinski definition) is 4. The lowest BCUT2D eigenvalue weighted by Gasteiger charge is -2.32. The quantitative estimate of drug-likeness (QED) is 0.801. The molecular weight excluding hydrogens is 254 g/mol. The van der Waals surface area contributed by atoms with E-state index in [2.05, 4.69) is 31.0 Å².